The molecule has 0 aliphatic heterocycles. The zero-order valence-electron chi connectivity index (χ0n) is 9.77. The van der Waals surface area contributed by atoms with Gasteiger partial charge in [-0.1, -0.05) is 0 Å². The summed E-state index contributed by atoms with van der Waals surface area (Å²) < 4.78 is 0. The van der Waals surface area contributed by atoms with Crippen molar-refractivity contribution >= 4 is 61.6 Å². The summed E-state index contributed by atoms with van der Waals surface area (Å²) in [5, 5.41) is 34.0. The van der Waals surface area contributed by atoms with Crippen LogP contribution in [-0.4, -0.2) is 84.9 Å². The molecule has 0 aromatic carbocycles. The molecule has 0 bridgehead atoms. The Morgan fingerprint density at radius 2 is 1.00 bits per heavy atom. The van der Waals surface area contributed by atoms with Crippen LogP contribution < -0.4 is 21.7 Å². The van der Waals surface area contributed by atoms with Gasteiger partial charge in [0.1, 0.15) is 0 Å². The Bertz CT molecular complexity index is 288. The third kappa shape index (κ3) is 60.5. The fourth-order valence-electron chi connectivity index (χ4n) is 0.136. The molecule has 0 saturated heterocycles. The first-order chi connectivity index (χ1) is 8.17. The van der Waals surface area contributed by atoms with Gasteiger partial charge in [0.25, 0.3) is 0 Å². The van der Waals surface area contributed by atoms with Crippen molar-refractivity contribution in [1.82, 2.24) is 0 Å². The molecule has 0 rings (SSSR count). The normalized spacial score (nSPS) is 7.89. The Kier molecular flexibility index (Phi) is 26.6. The molecule has 0 radical (unpaired) electrons. The molecule has 6 N–H and O–H groups in total. The summed E-state index contributed by atoms with van der Waals surface area (Å²) in [7, 11) is 0. The summed E-state index contributed by atoms with van der Waals surface area (Å²) in [5.74, 6) is -5.03. The van der Waals surface area contributed by atoms with Crippen LogP contribution in [0.2, 0.25) is 0 Å². The Morgan fingerprint density at radius 1 is 0.842 bits per heavy atom. The van der Waals surface area contributed by atoms with Gasteiger partial charge >= 0.3 is 49.7 Å². The number of carbonyl (C=O) groups is 4. The van der Waals surface area contributed by atoms with Gasteiger partial charge in [0.05, 0.1) is 25.0 Å². The molecular weight excluding hydrogens is 292 g/mol. The maximum atomic E-state index is 9.41. The first kappa shape index (κ1) is 26.4. The van der Waals surface area contributed by atoms with Crippen molar-refractivity contribution in [3.8, 4) is 0 Å². The largest absolute Gasteiger partial charge is 2.00 e. The van der Waals surface area contributed by atoms with Gasteiger partial charge in [-0.2, -0.15) is 0 Å². The van der Waals surface area contributed by atoms with E-state index in [9.17, 15) is 29.4 Å². The molecule has 0 fully saturated rings. The Balaban J connectivity index is -0.0000000906. The smallest absolute Gasteiger partial charge is 0.545 e. The fraction of sp³-hybridized carbons (Fsp3) is 0.250. The van der Waals surface area contributed by atoms with Crippen molar-refractivity contribution < 1.29 is 39.6 Å². The first-order valence-electron chi connectivity index (χ1n) is 4.11. The van der Waals surface area contributed by atoms with Crippen molar-refractivity contribution in [3.05, 3.63) is 12.2 Å². The summed E-state index contributed by atoms with van der Waals surface area (Å²) in [6, 6.07) is 0. The predicted molar refractivity (Wildman–Crippen MR) is 58.3 cm³/mol. The average Bonchev–Trinajstić information content (AvgIpc) is 2.27. The third-order valence-electron chi connectivity index (χ3n) is 0.705. The van der Waals surface area contributed by atoms with E-state index in [1.54, 1.807) is 0 Å². The van der Waals surface area contributed by atoms with Gasteiger partial charge in [0.15, 0.2) is 0 Å². The molecule has 0 atom stereocenters. The van der Waals surface area contributed by atoms with Gasteiger partial charge in [-0.3, -0.25) is 9.59 Å². The van der Waals surface area contributed by atoms with E-state index in [2.05, 4.69) is 11.5 Å². The SMILES string of the molecule is NCC(=O)O.NCC(=O)O.O=C([O-])C=CC(=O)[O-].[Ca+2]. The van der Waals surface area contributed by atoms with Gasteiger partial charge in [-0.25, -0.2) is 0 Å². The maximum Gasteiger partial charge on any atom is 2.00 e. The molecule has 0 aliphatic rings. The minimum atomic E-state index is -1.55. The van der Waals surface area contributed by atoms with E-state index < -0.39 is 23.9 Å². The Hall–Kier alpha value is -1.20. The minimum Gasteiger partial charge on any atom is -0.545 e. The van der Waals surface area contributed by atoms with Crippen molar-refractivity contribution in [3.63, 3.8) is 0 Å². The maximum absolute atomic E-state index is 9.41. The average molecular weight is 304 g/mol. The second-order valence-corrected chi connectivity index (χ2v) is 2.17. The van der Waals surface area contributed by atoms with Gasteiger partial charge in [0, 0.05) is 0 Å². The van der Waals surface area contributed by atoms with Crippen LogP contribution in [-0.2, 0) is 19.2 Å². The van der Waals surface area contributed by atoms with Crippen LogP contribution in [0.15, 0.2) is 12.2 Å². The predicted octanol–water partition coefficient (Wildman–Crippen LogP) is -5.28. The van der Waals surface area contributed by atoms with Gasteiger partial charge in [-0.05, 0) is 12.2 Å². The molecular formula is C8H12CaN2O8. The number of hydrogen-bond acceptors (Lipinski definition) is 8. The number of carboxylic acid groups (broad SMARTS) is 4. The number of carboxylic acids is 4. The molecule has 11 heteroatoms. The molecule has 0 amide bonds. The van der Waals surface area contributed by atoms with Crippen LogP contribution >= 0.6 is 0 Å². The fourth-order valence-corrected chi connectivity index (χ4v) is 0.136. The number of rotatable bonds is 4. The van der Waals surface area contributed by atoms with E-state index in [0.29, 0.717) is 12.2 Å². The van der Waals surface area contributed by atoms with Gasteiger partial charge < -0.3 is 41.5 Å². The number of hydrogen-bond donors (Lipinski definition) is 4. The molecule has 0 aliphatic carbocycles. The molecule has 0 heterocycles. The van der Waals surface area contributed by atoms with Crippen molar-refractivity contribution in [1.29, 1.82) is 0 Å². The van der Waals surface area contributed by atoms with E-state index in [1.165, 1.54) is 0 Å². The van der Waals surface area contributed by atoms with E-state index in [-0.39, 0.29) is 50.8 Å². The molecule has 19 heavy (non-hydrogen) atoms. The van der Waals surface area contributed by atoms with E-state index in [1.807, 2.05) is 0 Å². The van der Waals surface area contributed by atoms with Crippen molar-refractivity contribution in [2.24, 2.45) is 11.5 Å². The molecule has 0 unspecified atom stereocenters. The Morgan fingerprint density at radius 3 is 1.05 bits per heavy atom. The quantitative estimate of drug-likeness (QED) is 0.286. The number of aliphatic carboxylic acids is 4. The van der Waals surface area contributed by atoms with Crippen LogP contribution in [0, 0.1) is 0 Å². The van der Waals surface area contributed by atoms with E-state index >= 15 is 0 Å². The van der Waals surface area contributed by atoms with E-state index in [4.69, 9.17) is 10.2 Å². The number of nitrogens with two attached hydrogens (primary N) is 2. The first-order valence-corrected chi connectivity index (χ1v) is 4.11. The Labute approximate surface area is 137 Å². The van der Waals surface area contributed by atoms with Gasteiger partial charge in [-0.15, -0.1) is 0 Å². The summed E-state index contributed by atoms with van der Waals surface area (Å²) in [5.41, 5.74) is 9.14. The zero-order chi connectivity index (χ0) is 15.1. The molecule has 0 spiro atoms. The van der Waals surface area contributed by atoms with Crippen LogP contribution in [0.5, 0.6) is 0 Å². The minimum absolute atomic E-state index is 0. The molecule has 0 aromatic heterocycles. The molecule has 0 saturated carbocycles. The summed E-state index contributed by atoms with van der Waals surface area (Å²) in [4.78, 5) is 37.3. The van der Waals surface area contributed by atoms with Gasteiger partial charge in [0.2, 0.25) is 0 Å². The monoisotopic (exact) mass is 304 g/mol. The van der Waals surface area contributed by atoms with Crippen LogP contribution in [0.25, 0.3) is 0 Å². The van der Waals surface area contributed by atoms with Crippen LogP contribution in [0.1, 0.15) is 0 Å². The van der Waals surface area contributed by atoms with Crippen molar-refractivity contribution in [2.45, 2.75) is 0 Å². The number of carbonyl (C=O) groups excluding carboxylic acids is 2. The summed E-state index contributed by atoms with van der Waals surface area (Å²) in [6.07, 6.45) is 0.769. The third-order valence-corrected chi connectivity index (χ3v) is 0.705. The van der Waals surface area contributed by atoms with Crippen molar-refractivity contribution in [2.75, 3.05) is 13.1 Å². The molecule has 104 valence electrons. The van der Waals surface area contributed by atoms with Crippen LogP contribution in [0.3, 0.4) is 0 Å². The summed E-state index contributed by atoms with van der Waals surface area (Å²) in [6.45, 7) is -0.556. The molecule has 0 aromatic rings. The zero-order valence-corrected chi connectivity index (χ0v) is 12.0. The standard InChI is InChI=1S/C4H4O4.2C2H5NO2.Ca/c5-3(6)1-2-4(7)8;2*3-1-2(4)5;/h1-2H,(H,5,6)(H,7,8);2*1,3H2,(H,4,5);/q;;;+2/p-2. The topological polar surface area (TPSA) is 207 Å². The molecule has 10 nitrogen and oxygen atoms in total. The summed E-state index contributed by atoms with van der Waals surface area (Å²) >= 11 is 0. The second-order valence-electron chi connectivity index (χ2n) is 2.17. The van der Waals surface area contributed by atoms with Crippen LogP contribution in [0.4, 0.5) is 0 Å². The van der Waals surface area contributed by atoms with E-state index in [0.717, 1.165) is 0 Å². The second kappa shape index (κ2) is 19.1.